The molecule has 144 valence electrons. The smallest absolute Gasteiger partial charge is 0.273 e. The van der Waals surface area contributed by atoms with E-state index in [2.05, 4.69) is 10.6 Å². The summed E-state index contributed by atoms with van der Waals surface area (Å²) in [4.78, 5) is 22.8. The highest BCUT2D eigenvalue weighted by molar-refractivity contribution is 5.97. The number of hydrogen-bond acceptors (Lipinski definition) is 7. The van der Waals surface area contributed by atoms with Gasteiger partial charge in [0, 0.05) is 17.8 Å². The van der Waals surface area contributed by atoms with Crippen LogP contribution < -0.4 is 24.8 Å². The highest BCUT2D eigenvalue weighted by Crippen LogP contribution is 2.31. The zero-order chi connectivity index (χ0) is 20.0. The standard InChI is InChI=1S/C18H21N3O6/c1-11(19-12-5-8-15(25-2)17(9-12)27-4)18(22)20-14-7-6-13(21(23)24)10-16(14)26-3/h5-11,19H,1-4H3,(H,20,22)/t11-/m0/s1. The Morgan fingerprint density at radius 1 is 1.00 bits per heavy atom. The monoisotopic (exact) mass is 375 g/mol. The molecule has 1 amide bonds. The van der Waals surface area contributed by atoms with Crippen LogP contribution in [0.15, 0.2) is 36.4 Å². The van der Waals surface area contributed by atoms with Crippen molar-refractivity contribution in [2.75, 3.05) is 32.0 Å². The number of nitrogens with zero attached hydrogens (tertiary/aromatic N) is 1. The summed E-state index contributed by atoms with van der Waals surface area (Å²) in [5.41, 5.74) is 0.890. The average Bonchev–Trinajstić information content (AvgIpc) is 2.67. The SMILES string of the molecule is COc1cc([N+](=O)[O-])ccc1NC(=O)[C@H](C)Nc1ccc(OC)c(OC)c1. The predicted octanol–water partition coefficient (Wildman–Crippen LogP) is 3.06. The number of anilines is 2. The molecule has 0 aliphatic heterocycles. The highest BCUT2D eigenvalue weighted by atomic mass is 16.6. The molecule has 0 heterocycles. The summed E-state index contributed by atoms with van der Waals surface area (Å²) in [6, 6.07) is 8.59. The minimum Gasteiger partial charge on any atom is -0.494 e. The molecular weight excluding hydrogens is 354 g/mol. The largest absolute Gasteiger partial charge is 0.494 e. The van der Waals surface area contributed by atoms with Gasteiger partial charge >= 0.3 is 0 Å². The fourth-order valence-electron chi connectivity index (χ4n) is 2.38. The van der Waals surface area contributed by atoms with E-state index in [9.17, 15) is 14.9 Å². The van der Waals surface area contributed by atoms with Crippen molar-refractivity contribution < 1.29 is 23.9 Å². The normalized spacial score (nSPS) is 11.3. The first-order chi connectivity index (χ1) is 12.9. The van der Waals surface area contributed by atoms with Gasteiger partial charge in [0.1, 0.15) is 11.8 Å². The number of hydrogen-bond donors (Lipinski definition) is 2. The molecule has 0 aliphatic carbocycles. The van der Waals surface area contributed by atoms with Crippen molar-refractivity contribution in [3.8, 4) is 17.2 Å². The van der Waals surface area contributed by atoms with E-state index in [0.29, 0.717) is 22.9 Å². The van der Waals surface area contributed by atoms with Gasteiger partial charge in [-0.1, -0.05) is 0 Å². The topological polar surface area (TPSA) is 112 Å². The van der Waals surface area contributed by atoms with Crippen molar-refractivity contribution >= 4 is 23.0 Å². The second-order valence-electron chi connectivity index (χ2n) is 5.57. The van der Waals surface area contributed by atoms with E-state index in [1.165, 1.54) is 32.4 Å². The number of nitrogens with one attached hydrogen (secondary N) is 2. The van der Waals surface area contributed by atoms with Gasteiger partial charge in [-0.05, 0) is 25.1 Å². The Labute approximate surface area is 156 Å². The fourth-order valence-corrected chi connectivity index (χ4v) is 2.38. The molecule has 9 heteroatoms. The third kappa shape index (κ3) is 4.78. The number of methoxy groups -OCH3 is 3. The van der Waals surface area contributed by atoms with E-state index in [0.717, 1.165) is 0 Å². The van der Waals surface area contributed by atoms with Gasteiger partial charge in [0.25, 0.3) is 5.69 Å². The first-order valence-corrected chi connectivity index (χ1v) is 8.01. The quantitative estimate of drug-likeness (QED) is 0.539. The lowest BCUT2D eigenvalue weighted by Crippen LogP contribution is -2.32. The molecule has 0 spiro atoms. The van der Waals surface area contributed by atoms with Crippen LogP contribution in [-0.2, 0) is 4.79 Å². The van der Waals surface area contributed by atoms with Gasteiger partial charge in [0.2, 0.25) is 5.91 Å². The summed E-state index contributed by atoms with van der Waals surface area (Å²) < 4.78 is 15.5. The summed E-state index contributed by atoms with van der Waals surface area (Å²) in [5, 5.41) is 16.6. The van der Waals surface area contributed by atoms with Crippen molar-refractivity contribution in [1.29, 1.82) is 0 Å². The number of carbonyl (C=O) groups excluding carboxylic acids is 1. The maximum atomic E-state index is 12.5. The first kappa shape index (κ1) is 19.8. The molecule has 0 saturated heterocycles. The van der Waals surface area contributed by atoms with Crippen molar-refractivity contribution in [2.24, 2.45) is 0 Å². The Kier molecular flexibility index (Phi) is 6.42. The van der Waals surface area contributed by atoms with Gasteiger partial charge in [0.15, 0.2) is 11.5 Å². The van der Waals surface area contributed by atoms with Crippen LogP contribution in [0.2, 0.25) is 0 Å². The second kappa shape index (κ2) is 8.75. The molecule has 9 nitrogen and oxygen atoms in total. The van der Waals surface area contributed by atoms with Crippen LogP contribution in [0.5, 0.6) is 17.2 Å². The molecule has 2 N–H and O–H groups in total. The zero-order valence-electron chi connectivity index (χ0n) is 15.4. The number of rotatable bonds is 8. The predicted molar refractivity (Wildman–Crippen MR) is 101 cm³/mol. The Morgan fingerprint density at radius 3 is 2.26 bits per heavy atom. The molecular formula is C18H21N3O6. The first-order valence-electron chi connectivity index (χ1n) is 8.01. The molecule has 0 aromatic heterocycles. The maximum Gasteiger partial charge on any atom is 0.273 e. The van der Waals surface area contributed by atoms with E-state index < -0.39 is 11.0 Å². The molecule has 0 unspecified atom stereocenters. The molecule has 2 rings (SSSR count). The van der Waals surface area contributed by atoms with Crippen molar-refractivity contribution in [2.45, 2.75) is 13.0 Å². The summed E-state index contributed by atoms with van der Waals surface area (Å²) in [5.74, 6) is 0.982. The van der Waals surface area contributed by atoms with Crippen LogP contribution in [0, 0.1) is 10.1 Å². The van der Waals surface area contributed by atoms with Gasteiger partial charge in [-0.2, -0.15) is 0 Å². The van der Waals surface area contributed by atoms with E-state index in [4.69, 9.17) is 14.2 Å². The van der Waals surface area contributed by atoms with Crippen LogP contribution in [0.4, 0.5) is 17.1 Å². The van der Waals surface area contributed by atoms with Crippen molar-refractivity contribution in [3.63, 3.8) is 0 Å². The van der Waals surface area contributed by atoms with Crippen LogP contribution >= 0.6 is 0 Å². The average molecular weight is 375 g/mol. The van der Waals surface area contributed by atoms with Gasteiger partial charge < -0.3 is 24.8 Å². The lowest BCUT2D eigenvalue weighted by Gasteiger charge is -2.17. The molecule has 2 aromatic carbocycles. The summed E-state index contributed by atoms with van der Waals surface area (Å²) >= 11 is 0. The third-order valence-corrected chi connectivity index (χ3v) is 3.81. The summed E-state index contributed by atoms with van der Waals surface area (Å²) in [6.07, 6.45) is 0. The van der Waals surface area contributed by atoms with E-state index in [1.807, 2.05) is 0 Å². The Balaban J connectivity index is 2.11. The molecule has 27 heavy (non-hydrogen) atoms. The van der Waals surface area contributed by atoms with E-state index in [1.54, 1.807) is 32.2 Å². The lowest BCUT2D eigenvalue weighted by molar-refractivity contribution is -0.384. The summed E-state index contributed by atoms with van der Waals surface area (Å²) in [6.45, 7) is 1.68. The number of amides is 1. The molecule has 0 radical (unpaired) electrons. The van der Waals surface area contributed by atoms with E-state index >= 15 is 0 Å². The van der Waals surface area contributed by atoms with Gasteiger partial charge in [-0.3, -0.25) is 14.9 Å². The lowest BCUT2D eigenvalue weighted by atomic mass is 10.2. The minimum atomic E-state index is -0.594. The van der Waals surface area contributed by atoms with E-state index in [-0.39, 0.29) is 17.3 Å². The number of non-ortho nitro benzene ring substituents is 1. The molecule has 2 aromatic rings. The summed E-state index contributed by atoms with van der Waals surface area (Å²) in [7, 11) is 4.44. The Hall–Kier alpha value is -3.49. The third-order valence-electron chi connectivity index (χ3n) is 3.81. The van der Waals surface area contributed by atoms with Crippen molar-refractivity contribution in [3.05, 3.63) is 46.5 Å². The number of ether oxygens (including phenoxy) is 3. The van der Waals surface area contributed by atoms with Crippen LogP contribution in [-0.4, -0.2) is 38.2 Å². The molecule has 0 fully saturated rings. The highest BCUT2D eigenvalue weighted by Gasteiger charge is 2.18. The van der Waals surface area contributed by atoms with Crippen LogP contribution in [0.3, 0.4) is 0 Å². The number of carbonyl (C=O) groups is 1. The van der Waals surface area contributed by atoms with Gasteiger partial charge in [0.05, 0.1) is 38.0 Å². The van der Waals surface area contributed by atoms with Crippen LogP contribution in [0.1, 0.15) is 6.92 Å². The second-order valence-corrected chi connectivity index (χ2v) is 5.57. The molecule has 0 aliphatic rings. The molecule has 0 saturated carbocycles. The molecule has 1 atom stereocenters. The van der Waals surface area contributed by atoms with Crippen molar-refractivity contribution in [1.82, 2.24) is 0 Å². The molecule has 0 bridgehead atoms. The zero-order valence-corrected chi connectivity index (χ0v) is 15.4. The van der Waals surface area contributed by atoms with Crippen LogP contribution in [0.25, 0.3) is 0 Å². The van der Waals surface area contributed by atoms with Gasteiger partial charge in [-0.15, -0.1) is 0 Å². The van der Waals surface area contributed by atoms with Gasteiger partial charge in [-0.25, -0.2) is 0 Å². The fraction of sp³-hybridized carbons (Fsp3) is 0.278. The number of benzene rings is 2. The number of nitro benzene ring substituents is 1. The number of nitro groups is 1. The minimum absolute atomic E-state index is 0.124. The Bertz CT molecular complexity index is 840. The maximum absolute atomic E-state index is 12.5. The Morgan fingerprint density at radius 2 is 1.67 bits per heavy atom.